The highest BCUT2D eigenvalue weighted by molar-refractivity contribution is 7.65. The molecule has 0 amide bonds. The van der Waals surface area contributed by atoms with Gasteiger partial charge in [-0.3, -0.25) is 0 Å². The molecule has 0 aliphatic heterocycles. The van der Waals surface area contributed by atoms with Gasteiger partial charge in [0, 0.05) is 5.88 Å². The second-order valence-corrected chi connectivity index (χ2v) is 6.81. The summed E-state index contributed by atoms with van der Waals surface area (Å²) in [5.41, 5.74) is 1.18. The van der Waals surface area contributed by atoms with E-state index in [1.165, 1.54) is 23.0 Å². The van der Waals surface area contributed by atoms with Crippen LogP contribution in [0.5, 0.6) is 0 Å². The van der Waals surface area contributed by atoms with Gasteiger partial charge >= 0.3 is 0 Å². The third kappa shape index (κ3) is 3.80. The van der Waals surface area contributed by atoms with Crippen LogP contribution in [0.4, 0.5) is 4.39 Å². The Hall–Kier alpha value is -0.910. The van der Waals surface area contributed by atoms with Crippen LogP contribution < -0.4 is 5.30 Å². The van der Waals surface area contributed by atoms with E-state index < -0.39 is 0 Å². The maximum atomic E-state index is 12.9. The summed E-state index contributed by atoms with van der Waals surface area (Å²) in [5.74, 6) is 0.488. The number of benzene rings is 2. The third-order valence-corrected chi connectivity index (χ3v) is 5.75. The van der Waals surface area contributed by atoms with E-state index in [1.54, 1.807) is 0 Å². The van der Waals surface area contributed by atoms with Gasteiger partial charge in [-0.2, -0.15) is 0 Å². The predicted molar refractivity (Wildman–Crippen MR) is 78.7 cm³/mol. The van der Waals surface area contributed by atoms with Gasteiger partial charge in [-0.1, -0.05) is 50.4 Å². The maximum absolute atomic E-state index is 12.9. The Morgan fingerprint density at radius 3 is 2.22 bits per heavy atom. The number of alkyl halides is 1. The summed E-state index contributed by atoms with van der Waals surface area (Å²) in [6.07, 6.45) is 1.96. The van der Waals surface area contributed by atoms with Crippen molar-refractivity contribution in [3.05, 3.63) is 66.0 Å². The fraction of sp³-hybridized carbons (Fsp3) is 0.200. The van der Waals surface area contributed by atoms with Crippen LogP contribution in [0, 0.1) is 5.82 Å². The summed E-state index contributed by atoms with van der Waals surface area (Å²) in [6.45, 7) is 0. The Morgan fingerprint density at radius 1 is 0.944 bits per heavy atom. The molecular weight excluding hydrogens is 265 g/mol. The van der Waals surface area contributed by atoms with Crippen LogP contribution in [0.15, 0.2) is 54.6 Å². The standard InChI is InChI=1S/C15H15ClFP/c16-10-11-18(15-4-2-1-3-5-15)12-13-6-8-14(17)9-7-13/h1-9H,10-12H2/i17-1. The molecule has 0 nitrogen and oxygen atoms in total. The molecule has 1 unspecified atom stereocenters. The van der Waals surface area contributed by atoms with Crippen molar-refractivity contribution in [2.75, 3.05) is 12.0 Å². The van der Waals surface area contributed by atoms with Gasteiger partial charge in [0.15, 0.2) is 0 Å². The Bertz CT molecular complexity index is 470. The van der Waals surface area contributed by atoms with E-state index in [0.29, 0.717) is 5.88 Å². The molecule has 0 aliphatic rings. The smallest absolute Gasteiger partial charge is 0.123 e. The van der Waals surface area contributed by atoms with Crippen molar-refractivity contribution in [3.8, 4) is 0 Å². The molecule has 0 bridgehead atoms. The maximum Gasteiger partial charge on any atom is 0.123 e. The van der Waals surface area contributed by atoms with Gasteiger partial charge in [0.25, 0.3) is 0 Å². The van der Waals surface area contributed by atoms with Crippen LogP contribution in [0.3, 0.4) is 0 Å². The van der Waals surface area contributed by atoms with E-state index in [4.69, 9.17) is 11.6 Å². The zero-order chi connectivity index (χ0) is 12.8. The molecule has 0 saturated carbocycles. The average Bonchev–Trinajstić information content (AvgIpc) is 2.42. The molecule has 94 valence electrons. The van der Waals surface area contributed by atoms with Gasteiger partial charge in [-0.05, 0) is 35.3 Å². The zero-order valence-corrected chi connectivity index (χ0v) is 11.7. The first-order valence-electron chi connectivity index (χ1n) is 5.90. The Kier molecular flexibility index (Phi) is 5.16. The van der Waals surface area contributed by atoms with Gasteiger partial charge < -0.3 is 0 Å². The van der Waals surface area contributed by atoms with Gasteiger partial charge in [-0.15, -0.1) is 11.6 Å². The molecule has 2 rings (SSSR count). The van der Waals surface area contributed by atoms with E-state index in [9.17, 15) is 4.39 Å². The number of hydrogen-bond donors (Lipinski definition) is 0. The van der Waals surface area contributed by atoms with Crippen LogP contribution in [0.2, 0.25) is 0 Å². The van der Waals surface area contributed by atoms with Crippen molar-refractivity contribution < 1.29 is 4.39 Å². The van der Waals surface area contributed by atoms with Crippen LogP contribution in [-0.2, 0) is 6.16 Å². The zero-order valence-electron chi connectivity index (χ0n) is 10.0. The monoisotopic (exact) mass is 279 g/mol. The topological polar surface area (TPSA) is 0 Å². The molecule has 0 aromatic heterocycles. The molecule has 0 radical (unpaired) electrons. The summed E-state index contributed by atoms with van der Waals surface area (Å²) in [6, 6.07) is 17.2. The lowest BCUT2D eigenvalue weighted by Gasteiger charge is -2.17. The fourth-order valence-corrected chi connectivity index (χ4v) is 4.51. The van der Waals surface area contributed by atoms with Crippen LogP contribution in [0.25, 0.3) is 0 Å². The normalized spacial score (nSPS) is 12.3. The molecular formula is C15H15ClFP. The van der Waals surface area contributed by atoms with E-state index in [-0.39, 0.29) is 13.7 Å². The summed E-state index contributed by atoms with van der Waals surface area (Å²) in [5, 5.41) is 1.36. The Labute approximate surface area is 114 Å². The van der Waals surface area contributed by atoms with Crippen molar-refractivity contribution in [2.45, 2.75) is 6.16 Å². The largest absolute Gasteiger partial charge is 0.207 e. The molecule has 3 heteroatoms. The van der Waals surface area contributed by atoms with Crippen molar-refractivity contribution >= 4 is 24.8 Å². The summed E-state index contributed by atoms with van der Waals surface area (Å²) >= 11 is 5.89. The first-order chi connectivity index (χ1) is 8.79. The highest BCUT2D eigenvalue weighted by Crippen LogP contribution is 2.38. The molecule has 0 saturated heterocycles. The lowest BCUT2D eigenvalue weighted by Crippen LogP contribution is -2.05. The highest BCUT2D eigenvalue weighted by Gasteiger charge is 2.10. The molecule has 0 spiro atoms. The summed E-state index contributed by atoms with van der Waals surface area (Å²) < 4.78 is 12.9. The lowest BCUT2D eigenvalue weighted by atomic mass is 10.2. The lowest BCUT2D eigenvalue weighted by molar-refractivity contribution is 0.627. The van der Waals surface area contributed by atoms with Crippen molar-refractivity contribution in [2.24, 2.45) is 0 Å². The molecule has 2 aromatic rings. The van der Waals surface area contributed by atoms with Gasteiger partial charge in [-0.25, -0.2) is 4.39 Å². The first kappa shape index (κ1) is 13.5. The number of rotatable bonds is 5. The quantitative estimate of drug-likeness (QED) is 0.563. The summed E-state index contributed by atoms with van der Waals surface area (Å²) in [7, 11) is -0.296. The second kappa shape index (κ2) is 6.87. The SMILES string of the molecule is [18F]c1ccc(CP(CCCl)c2ccccc2)cc1. The van der Waals surface area contributed by atoms with Crippen molar-refractivity contribution in [1.82, 2.24) is 0 Å². The van der Waals surface area contributed by atoms with Gasteiger partial charge in [0.2, 0.25) is 0 Å². The molecule has 0 aliphatic carbocycles. The van der Waals surface area contributed by atoms with E-state index in [0.717, 1.165) is 12.3 Å². The van der Waals surface area contributed by atoms with E-state index in [2.05, 4.69) is 24.3 Å². The molecule has 0 heterocycles. The molecule has 0 fully saturated rings. The highest BCUT2D eigenvalue weighted by atomic mass is 35.5. The van der Waals surface area contributed by atoms with Crippen LogP contribution >= 0.6 is 19.5 Å². The minimum atomic E-state index is -0.296. The van der Waals surface area contributed by atoms with Gasteiger partial charge in [0.1, 0.15) is 5.82 Å². The number of hydrogen-bond acceptors (Lipinski definition) is 0. The molecule has 1 atom stereocenters. The first-order valence-corrected chi connectivity index (χ1v) is 8.14. The Balaban J connectivity index is 2.14. The minimum absolute atomic E-state index is 0.180. The number of halogens is 2. The van der Waals surface area contributed by atoms with Crippen LogP contribution in [-0.4, -0.2) is 12.0 Å². The minimum Gasteiger partial charge on any atom is -0.207 e. The van der Waals surface area contributed by atoms with E-state index in [1.807, 2.05) is 18.2 Å². The molecule has 2 aromatic carbocycles. The van der Waals surface area contributed by atoms with Crippen molar-refractivity contribution in [1.29, 1.82) is 0 Å². The predicted octanol–water partition coefficient (Wildman–Crippen LogP) is 4.37. The summed E-state index contributed by atoms with van der Waals surface area (Å²) in [4.78, 5) is 0. The van der Waals surface area contributed by atoms with Crippen molar-refractivity contribution in [3.63, 3.8) is 0 Å². The fourth-order valence-electron chi connectivity index (χ4n) is 1.85. The second-order valence-electron chi connectivity index (χ2n) is 4.07. The van der Waals surface area contributed by atoms with Crippen LogP contribution in [0.1, 0.15) is 5.56 Å². The molecule has 18 heavy (non-hydrogen) atoms. The van der Waals surface area contributed by atoms with Gasteiger partial charge in [0.05, 0.1) is 0 Å². The third-order valence-electron chi connectivity index (χ3n) is 2.76. The average molecular weight is 280 g/mol. The Morgan fingerprint density at radius 2 is 1.61 bits per heavy atom. The molecule has 0 N–H and O–H groups in total. The van der Waals surface area contributed by atoms with E-state index >= 15 is 0 Å².